The highest BCUT2D eigenvalue weighted by Crippen LogP contribution is 2.29. The summed E-state index contributed by atoms with van der Waals surface area (Å²) >= 11 is 0. The smallest absolute Gasteiger partial charge is 0.378 e. The standard InChI is InChI=1S/C28H31F3N10O3/c1-39(2)12-11-32-26(42)19-5-9-21(10-6-19)34-27(43)33-20-7-3-18(4-8-20)23-35-24(40-13-15-44-16-14-40)22-25(36-23)41(38-37-22)17-28(29,30)31/h3-10H,11-17H2,1-2H3,(H,32,42)(H2,33,34,43). The molecule has 13 nitrogen and oxygen atoms in total. The molecule has 0 saturated carbocycles. The number of ether oxygens (including phenoxy) is 1. The Morgan fingerprint density at radius 1 is 0.955 bits per heavy atom. The van der Waals surface area contributed by atoms with Gasteiger partial charge in [-0.2, -0.15) is 13.2 Å². The Bertz CT molecular complexity index is 1600. The van der Waals surface area contributed by atoms with Crippen molar-refractivity contribution >= 4 is 40.3 Å². The van der Waals surface area contributed by atoms with Crippen molar-refractivity contribution in [1.29, 1.82) is 0 Å². The first-order valence-corrected chi connectivity index (χ1v) is 13.8. The number of benzene rings is 2. The minimum Gasteiger partial charge on any atom is -0.378 e. The van der Waals surface area contributed by atoms with Gasteiger partial charge in [0.1, 0.15) is 6.54 Å². The van der Waals surface area contributed by atoms with Crippen molar-refractivity contribution < 1.29 is 27.5 Å². The van der Waals surface area contributed by atoms with Crippen LogP contribution >= 0.6 is 0 Å². The summed E-state index contributed by atoms with van der Waals surface area (Å²) < 4.78 is 45.7. The van der Waals surface area contributed by atoms with Crippen LogP contribution < -0.4 is 20.9 Å². The van der Waals surface area contributed by atoms with Gasteiger partial charge in [0.15, 0.2) is 22.8 Å². The molecule has 3 heterocycles. The Kier molecular flexibility index (Phi) is 9.20. The summed E-state index contributed by atoms with van der Waals surface area (Å²) in [6, 6.07) is 12.6. The Morgan fingerprint density at radius 3 is 2.20 bits per heavy atom. The van der Waals surface area contributed by atoms with Gasteiger partial charge in [-0.25, -0.2) is 19.4 Å². The number of nitrogens with zero attached hydrogens (tertiary/aromatic N) is 7. The van der Waals surface area contributed by atoms with Crippen LogP contribution in [-0.2, 0) is 11.3 Å². The van der Waals surface area contributed by atoms with Crippen LogP contribution in [0.25, 0.3) is 22.6 Å². The molecule has 4 aromatic rings. The van der Waals surface area contributed by atoms with E-state index in [0.29, 0.717) is 61.2 Å². The van der Waals surface area contributed by atoms with E-state index in [1.54, 1.807) is 48.5 Å². The van der Waals surface area contributed by atoms with Crippen molar-refractivity contribution in [2.75, 3.05) is 69.0 Å². The Morgan fingerprint density at radius 2 is 1.59 bits per heavy atom. The second-order valence-corrected chi connectivity index (χ2v) is 10.3. The monoisotopic (exact) mass is 612 g/mol. The molecule has 0 bridgehead atoms. The van der Waals surface area contributed by atoms with Gasteiger partial charge >= 0.3 is 12.2 Å². The number of nitrogens with one attached hydrogen (secondary N) is 3. The zero-order chi connectivity index (χ0) is 31.3. The second-order valence-electron chi connectivity index (χ2n) is 10.3. The van der Waals surface area contributed by atoms with Gasteiger partial charge in [0.05, 0.1) is 13.2 Å². The van der Waals surface area contributed by atoms with Crippen LogP contribution in [0.15, 0.2) is 48.5 Å². The van der Waals surface area contributed by atoms with Crippen molar-refractivity contribution in [2.24, 2.45) is 0 Å². The topological polar surface area (TPSA) is 142 Å². The van der Waals surface area contributed by atoms with Crippen molar-refractivity contribution in [3.8, 4) is 11.4 Å². The van der Waals surface area contributed by atoms with Crippen molar-refractivity contribution in [1.82, 2.24) is 35.2 Å². The van der Waals surface area contributed by atoms with E-state index in [0.717, 1.165) is 11.2 Å². The predicted octanol–water partition coefficient (Wildman–Crippen LogP) is 3.22. The van der Waals surface area contributed by atoms with Crippen LogP contribution in [-0.4, -0.2) is 101 Å². The predicted molar refractivity (Wildman–Crippen MR) is 158 cm³/mol. The fourth-order valence-electron chi connectivity index (χ4n) is 4.44. The van der Waals surface area contributed by atoms with Gasteiger partial charge < -0.3 is 30.5 Å². The molecule has 5 rings (SSSR count). The lowest BCUT2D eigenvalue weighted by atomic mass is 10.2. The van der Waals surface area contributed by atoms with Gasteiger partial charge in [-0.15, -0.1) is 5.10 Å². The summed E-state index contributed by atoms with van der Waals surface area (Å²) in [5, 5.41) is 15.9. The third-order valence-corrected chi connectivity index (χ3v) is 6.63. The minimum atomic E-state index is -4.51. The third-order valence-electron chi connectivity index (χ3n) is 6.63. The zero-order valence-electron chi connectivity index (χ0n) is 24.1. The van der Waals surface area contributed by atoms with E-state index in [9.17, 15) is 22.8 Å². The highest BCUT2D eigenvalue weighted by molar-refractivity contribution is 6.00. The van der Waals surface area contributed by atoms with Gasteiger partial charge in [-0.1, -0.05) is 5.21 Å². The molecule has 2 aromatic heterocycles. The van der Waals surface area contributed by atoms with Crippen LogP contribution in [0.3, 0.4) is 0 Å². The fourth-order valence-corrected chi connectivity index (χ4v) is 4.44. The van der Waals surface area contributed by atoms with Crippen molar-refractivity contribution in [2.45, 2.75) is 12.7 Å². The van der Waals surface area contributed by atoms with E-state index in [1.165, 1.54) is 0 Å². The highest BCUT2D eigenvalue weighted by atomic mass is 19.4. The number of fused-ring (bicyclic) bond motifs is 1. The summed E-state index contributed by atoms with van der Waals surface area (Å²) in [4.78, 5) is 37.7. The van der Waals surface area contributed by atoms with Crippen molar-refractivity contribution in [3.05, 3.63) is 54.1 Å². The summed E-state index contributed by atoms with van der Waals surface area (Å²) in [6.45, 7) is 1.75. The molecular formula is C28H31F3N10O3. The lowest BCUT2D eigenvalue weighted by Gasteiger charge is -2.28. The molecule has 2 aromatic carbocycles. The van der Waals surface area contributed by atoms with Gasteiger partial charge in [-0.3, -0.25) is 4.79 Å². The van der Waals surface area contributed by atoms with Crippen molar-refractivity contribution in [3.63, 3.8) is 0 Å². The molecule has 0 radical (unpaired) electrons. The van der Waals surface area contributed by atoms with Gasteiger partial charge in [0.2, 0.25) is 0 Å². The number of carbonyl (C=O) groups excluding carboxylic acids is 2. The lowest BCUT2D eigenvalue weighted by molar-refractivity contribution is -0.142. The first-order valence-electron chi connectivity index (χ1n) is 13.8. The Hall–Kier alpha value is -4.83. The number of hydrogen-bond acceptors (Lipinski definition) is 9. The number of likely N-dealkylation sites (N-methyl/N-ethyl adjacent to an activating group) is 1. The molecule has 3 N–H and O–H groups in total. The molecule has 0 aliphatic carbocycles. The second kappa shape index (κ2) is 13.2. The Labute approximate surface area is 250 Å². The van der Waals surface area contributed by atoms with E-state index in [4.69, 9.17) is 4.74 Å². The number of urea groups is 1. The molecule has 44 heavy (non-hydrogen) atoms. The van der Waals surface area contributed by atoms with Crippen LogP contribution in [0, 0.1) is 0 Å². The molecule has 0 spiro atoms. The van der Waals surface area contributed by atoms with E-state index in [2.05, 4.69) is 36.2 Å². The number of rotatable bonds is 9. The van der Waals surface area contributed by atoms with E-state index in [-0.39, 0.29) is 22.9 Å². The molecule has 1 saturated heterocycles. The lowest BCUT2D eigenvalue weighted by Crippen LogP contribution is -2.37. The van der Waals surface area contributed by atoms with E-state index in [1.807, 2.05) is 23.9 Å². The number of aromatic nitrogens is 5. The normalized spacial score (nSPS) is 13.7. The molecule has 1 fully saturated rings. The van der Waals surface area contributed by atoms with Gasteiger partial charge in [0, 0.05) is 48.7 Å². The number of morpholine rings is 1. The number of carbonyl (C=O) groups is 2. The number of halogens is 3. The number of amides is 3. The SMILES string of the molecule is CN(C)CCNC(=O)c1ccc(NC(=O)Nc2ccc(-c3nc(N4CCOCC4)c4nnn(CC(F)(F)F)c4n3)cc2)cc1. The average Bonchev–Trinajstić information content (AvgIpc) is 3.38. The quantitative estimate of drug-likeness (QED) is 0.260. The number of anilines is 3. The summed E-state index contributed by atoms with van der Waals surface area (Å²) in [5.41, 5.74) is 2.08. The Balaban J connectivity index is 1.28. The van der Waals surface area contributed by atoms with Crippen LogP contribution in [0.1, 0.15) is 10.4 Å². The van der Waals surface area contributed by atoms with E-state index < -0.39 is 18.8 Å². The zero-order valence-corrected chi connectivity index (χ0v) is 24.1. The molecule has 0 atom stereocenters. The van der Waals surface area contributed by atoms with Gasteiger partial charge in [-0.05, 0) is 62.6 Å². The number of hydrogen-bond donors (Lipinski definition) is 3. The molecule has 232 valence electrons. The minimum absolute atomic E-state index is 0.0348. The highest BCUT2D eigenvalue weighted by Gasteiger charge is 2.31. The third kappa shape index (κ3) is 7.76. The summed E-state index contributed by atoms with van der Waals surface area (Å²) in [5.74, 6) is 0.358. The van der Waals surface area contributed by atoms with Gasteiger partial charge in [0.25, 0.3) is 5.91 Å². The van der Waals surface area contributed by atoms with Crippen LogP contribution in [0.4, 0.5) is 35.2 Å². The molecule has 3 amide bonds. The fraction of sp³-hybridized carbons (Fsp3) is 0.357. The molecule has 0 unspecified atom stereocenters. The maximum Gasteiger partial charge on any atom is 0.408 e. The molecule has 1 aliphatic rings. The maximum absolute atomic E-state index is 13.2. The number of alkyl halides is 3. The largest absolute Gasteiger partial charge is 0.408 e. The maximum atomic E-state index is 13.2. The van der Waals surface area contributed by atoms with Crippen LogP contribution in [0.5, 0.6) is 0 Å². The molecule has 1 aliphatic heterocycles. The van der Waals surface area contributed by atoms with Crippen LogP contribution in [0.2, 0.25) is 0 Å². The summed E-state index contributed by atoms with van der Waals surface area (Å²) in [6.07, 6.45) is -4.51. The average molecular weight is 613 g/mol. The molecular weight excluding hydrogens is 581 g/mol. The summed E-state index contributed by atoms with van der Waals surface area (Å²) in [7, 11) is 3.84. The first-order chi connectivity index (χ1) is 21.1. The molecule has 16 heteroatoms. The first kappa shape index (κ1) is 30.6. The van der Waals surface area contributed by atoms with E-state index >= 15 is 0 Å².